The van der Waals surface area contributed by atoms with Crippen LogP contribution in [0, 0.1) is 6.92 Å². The molecule has 0 heterocycles. The van der Waals surface area contributed by atoms with E-state index in [2.05, 4.69) is 50.2 Å². The number of hydrogen-bond acceptors (Lipinski definition) is 0. The van der Waals surface area contributed by atoms with Gasteiger partial charge in [-0.25, -0.2) is 0 Å². The average Bonchev–Trinajstić information content (AvgIpc) is 2.46. The van der Waals surface area contributed by atoms with Gasteiger partial charge in [-0.2, -0.15) is 0 Å². The predicted molar refractivity (Wildman–Crippen MR) is 86.1 cm³/mol. The number of halogens is 1. The van der Waals surface area contributed by atoms with E-state index in [4.69, 9.17) is 11.6 Å². The fourth-order valence-electron chi connectivity index (χ4n) is 2.16. The maximum atomic E-state index is 5.93. The van der Waals surface area contributed by atoms with Gasteiger partial charge in [-0.15, -0.1) is 0 Å². The second-order valence-corrected chi connectivity index (χ2v) is 4.86. The zero-order valence-corrected chi connectivity index (χ0v) is 13.0. The summed E-state index contributed by atoms with van der Waals surface area (Å²) in [6.45, 7) is 8.34. The molecular formula is C18H23Cl. The van der Waals surface area contributed by atoms with Crippen LogP contribution in [0.2, 0.25) is 5.02 Å². The summed E-state index contributed by atoms with van der Waals surface area (Å²) < 4.78 is 0. The molecule has 0 bridgehead atoms. The van der Waals surface area contributed by atoms with E-state index in [0.717, 1.165) is 11.4 Å². The highest BCUT2D eigenvalue weighted by Crippen LogP contribution is 2.28. The highest BCUT2D eigenvalue weighted by atomic mass is 35.5. The van der Waals surface area contributed by atoms with Crippen LogP contribution < -0.4 is 0 Å². The van der Waals surface area contributed by atoms with Crippen LogP contribution in [0.5, 0.6) is 0 Å². The third-order valence-electron chi connectivity index (χ3n) is 3.16. The first-order valence-electron chi connectivity index (χ1n) is 7.02. The van der Waals surface area contributed by atoms with Crippen molar-refractivity contribution in [2.24, 2.45) is 0 Å². The van der Waals surface area contributed by atoms with Crippen molar-refractivity contribution in [3.05, 3.63) is 70.2 Å². The Morgan fingerprint density at radius 2 is 1.26 bits per heavy atom. The Balaban J connectivity index is 0.000000861. The molecule has 1 heteroatoms. The monoisotopic (exact) mass is 274 g/mol. The van der Waals surface area contributed by atoms with Crippen molar-refractivity contribution < 1.29 is 0 Å². The van der Waals surface area contributed by atoms with Crippen LogP contribution in [0.25, 0.3) is 0 Å². The Morgan fingerprint density at radius 3 is 1.68 bits per heavy atom. The summed E-state index contributed by atoms with van der Waals surface area (Å²) in [5.41, 5.74) is 4.01. The van der Waals surface area contributed by atoms with E-state index in [1.807, 2.05) is 26.0 Å². The zero-order valence-electron chi connectivity index (χ0n) is 12.3. The highest BCUT2D eigenvalue weighted by molar-refractivity contribution is 6.30. The van der Waals surface area contributed by atoms with Crippen molar-refractivity contribution in [3.8, 4) is 0 Å². The topological polar surface area (TPSA) is 0 Å². The normalized spacial score (nSPS) is 11.4. The molecule has 0 spiro atoms. The molecule has 0 amide bonds. The third kappa shape index (κ3) is 4.40. The van der Waals surface area contributed by atoms with Crippen LogP contribution >= 0.6 is 11.6 Å². The van der Waals surface area contributed by atoms with Crippen molar-refractivity contribution in [1.29, 1.82) is 0 Å². The first-order chi connectivity index (χ1) is 9.20. The lowest BCUT2D eigenvalue weighted by Gasteiger charge is -2.16. The van der Waals surface area contributed by atoms with Gasteiger partial charge in [-0.3, -0.25) is 0 Å². The van der Waals surface area contributed by atoms with Crippen molar-refractivity contribution in [2.75, 3.05) is 0 Å². The molecular weight excluding hydrogens is 252 g/mol. The van der Waals surface area contributed by atoms with Crippen LogP contribution in [-0.2, 0) is 0 Å². The molecule has 0 saturated heterocycles. The van der Waals surface area contributed by atoms with E-state index in [-0.39, 0.29) is 0 Å². The molecule has 102 valence electrons. The molecule has 0 aliphatic carbocycles. The Morgan fingerprint density at radius 1 is 0.842 bits per heavy atom. The van der Waals surface area contributed by atoms with Crippen LogP contribution in [0.15, 0.2) is 48.5 Å². The minimum atomic E-state index is 0.466. The predicted octanol–water partition coefficient (Wildman–Crippen LogP) is 6.22. The molecule has 2 aromatic carbocycles. The first kappa shape index (κ1) is 15.8. The Hall–Kier alpha value is -1.27. The standard InChI is InChI=1S/C16H17Cl.C2H6/c1-3-16(13-6-4-12(2)5-7-13)14-8-10-15(17)11-9-14;1-2/h4-11,16H,3H2,1-2H3;1-2H3. The molecule has 0 N–H and O–H groups in total. The van der Waals surface area contributed by atoms with Crippen molar-refractivity contribution in [3.63, 3.8) is 0 Å². The fourth-order valence-corrected chi connectivity index (χ4v) is 2.28. The van der Waals surface area contributed by atoms with E-state index < -0.39 is 0 Å². The highest BCUT2D eigenvalue weighted by Gasteiger charge is 2.11. The minimum absolute atomic E-state index is 0.466. The lowest BCUT2D eigenvalue weighted by molar-refractivity contribution is 0.777. The molecule has 2 aromatic rings. The molecule has 19 heavy (non-hydrogen) atoms. The van der Waals surface area contributed by atoms with Gasteiger partial charge in [0.2, 0.25) is 0 Å². The van der Waals surface area contributed by atoms with E-state index in [1.54, 1.807) is 0 Å². The molecule has 0 saturated carbocycles. The van der Waals surface area contributed by atoms with Gasteiger partial charge in [0.05, 0.1) is 0 Å². The van der Waals surface area contributed by atoms with Gasteiger partial charge < -0.3 is 0 Å². The van der Waals surface area contributed by atoms with Crippen molar-refractivity contribution >= 4 is 11.6 Å². The lowest BCUT2D eigenvalue weighted by Crippen LogP contribution is -1.99. The summed E-state index contributed by atoms with van der Waals surface area (Å²) in [5.74, 6) is 0.466. The summed E-state index contributed by atoms with van der Waals surface area (Å²) in [7, 11) is 0. The van der Waals surface area contributed by atoms with E-state index in [1.165, 1.54) is 16.7 Å². The van der Waals surface area contributed by atoms with Crippen LogP contribution in [0.3, 0.4) is 0 Å². The minimum Gasteiger partial charge on any atom is -0.0843 e. The average molecular weight is 275 g/mol. The molecule has 0 aliphatic heterocycles. The molecule has 0 radical (unpaired) electrons. The number of rotatable bonds is 3. The maximum absolute atomic E-state index is 5.93. The largest absolute Gasteiger partial charge is 0.0843 e. The summed E-state index contributed by atoms with van der Waals surface area (Å²) in [4.78, 5) is 0. The number of hydrogen-bond donors (Lipinski definition) is 0. The van der Waals surface area contributed by atoms with Gasteiger partial charge in [0.15, 0.2) is 0 Å². The molecule has 0 fully saturated rings. The second-order valence-electron chi connectivity index (χ2n) is 4.42. The quantitative estimate of drug-likeness (QED) is 0.623. The maximum Gasteiger partial charge on any atom is 0.0406 e. The van der Waals surface area contributed by atoms with Crippen LogP contribution in [-0.4, -0.2) is 0 Å². The summed E-state index contributed by atoms with van der Waals surface area (Å²) in [6.07, 6.45) is 1.10. The van der Waals surface area contributed by atoms with Gasteiger partial charge in [0.1, 0.15) is 0 Å². The van der Waals surface area contributed by atoms with Gasteiger partial charge in [-0.05, 0) is 36.6 Å². The van der Waals surface area contributed by atoms with Gasteiger partial charge in [0.25, 0.3) is 0 Å². The Bertz CT molecular complexity index is 423. The molecule has 2 rings (SSSR count). The molecule has 0 nitrogen and oxygen atoms in total. The summed E-state index contributed by atoms with van der Waals surface area (Å²) >= 11 is 5.93. The van der Waals surface area contributed by atoms with Gasteiger partial charge in [-0.1, -0.05) is 74.3 Å². The molecule has 0 aliphatic rings. The van der Waals surface area contributed by atoms with Gasteiger partial charge in [0, 0.05) is 10.9 Å². The summed E-state index contributed by atoms with van der Waals surface area (Å²) in [6, 6.07) is 17.0. The lowest BCUT2D eigenvalue weighted by atomic mass is 9.89. The second kappa shape index (κ2) is 8.01. The van der Waals surface area contributed by atoms with E-state index >= 15 is 0 Å². The Labute approximate surface area is 122 Å². The first-order valence-corrected chi connectivity index (χ1v) is 7.40. The van der Waals surface area contributed by atoms with Crippen molar-refractivity contribution in [1.82, 2.24) is 0 Å². The smallest absolute Gasteiger partial charge is 0.0406 e. The van der Waals surface area contributed by atoms with E-state index in [0.29, 0.717) is 5.92 Å². The molecule has 1 atom stereocenters. The third-order valence-corrected chi connectivity index (χ3v) is 3.41. The zero-order chi connectivity index (χ0) is 14.3. The van der Waals surface area contributed by atoms with E-state index in [9.17, 15) is 0 Å². The van der Waals surface area contributed by atoms with Crippen LogP contribution in [0.1, 0.15) is 49.8 Å². The SMILES string of the molecule is CC.CCC(c1ccc(C)cc1)c1ccc(Cl)cc1. The summed E-state index contributed by atoms with van der Waals surface area (Å²) in [5, 5.41) is 0.799. The van der Waals surface area contributed by atoms with Crippen LogP contribution in [0.4, 0.5) is 0 Å². The molecule has 0 aromatic heterocycles. The van der Waals surface area contributed by atoms with Crippen molar-refractivity contribution in [2.45, 2.75) is 40.0 Å². The fraction of sp³-hybridized carbons (Fsp3) is 0.333. The number of aryl methyl sites for hydroxylation is 1. The molecule has 1 unspecified atom stereocenters. The number of benzene rings is 2. The van der Waals surface area contributed by atoms with Gasteiger partial charge >= 0.3 is 0 Å². The Kier molecular flexibility index (Phi) is 6.66.